The highest BCUT2D eigenvalue weighted by molar-refractivity contribution is 8.07. The number of thioether (sulfide) groups is 1. The Morgan fingerprint density at radius 2 is 1.43 bits per heavy atom. The van der Waals surface area contributed by atoms with Crippen LogP contribution in [0.15, 0.2) is 208 Å². The summed E-state index contributed by atoms with van der Waals surface area (Å²) in [6.45, 7) is 0. The Kier molecular flexibility index (Phi) is 10.2. The molecule has 2 fully saturated rings. The van der Waals surface area contributed by atoms with Crippen molar-refractivity contribution >= 4 is 29.2 Å². The van der Waals surface area contributed by atoms with Gasteiger partial charge in [-0.25, -0.2) is 0 Å². The summed E-state index contributed by atoms with van der Waals surface area (Å²) in [7, 11) is 2.27. The van der Waals surface area contributed by atoms with Crippen LogP contribution in [-0.2, 0) is 0 Å². The Hall–Kier alpha value is -5.72. The smallest absolute Gasteiger partial charge is 0.0885 e. The second-order valence-electron chi connectivity index (χ2n) is 18.3. The van der Waals surface area contributed by atoms with Crippen molar-refractivity contribution in [3.8, 4) is 11.1 Å². The van der Waals surface area contributed by atoms with Gasteiger partial charge in [0.15, 0.2) is 0 Å². The molecule has 312 valence electrons. The third-order valence-corrected chi connectivity index (χ3v) is 16.2. The van der Waals surface area contributed by atoms with Crippen LogP contribution in [0.3, 0.4) is 0 Å². The van der Waals surface area contributed by atoms with Crippen LogP contribution in [0, 0.1) is 23.7 Å². The first-order chi connectivity index (χ1) is 31.2. The van der Waals surface area contributed by atoms with E-state index in [0.29, 0.717) is 29.8 Å². The molecule has 4 heterocycles. The standard InChI is InChI=1S/C57H53N5S/c1-61-56(39-21-10-4-11-22-39)59-55(38-19-8-3-9-20-38)60-57(61)48-34-43(41-24-16-23-40(33-41)37-17-6-2-7-18-37)36-58-53(48)42-29-30-45-46-31-32-50-52(54(46)63-51(45)35-42)47-27-14-15-28-49(47)62(50)44-25-12-5-13-26-44/h2-26,31-34,36,45,47-50,52-53,55-57,59-60H,27-30H2,1H3. The summed E-state index contributed by atoms with van der Waals surface area (Å²) in [6.07, 6.45) is 18.9. The predicted octanol–water partition coefficient (Wildman–Crippen LogP) is 11.9. The van der Waals surface area contributed by atoms with Gasteiger partial charge < -0.3 is 4.90 Å². The van der Waals surface area contributed by atoms with Gasteiger partial charge in [-0.05, 0) is 106 Å². The quantitative estimate of drug-likeness (QED) is 0.126. The van der Waals surface area contributed by atoms with Crippen molar-refractivity contribution in [1.29, 1.82) is 0 Å². The Morgan fingerprint density at radius 3 is 2.22 bits per heavy atom. The first-order valence-electron chi connectivity index (χ1n) is 23.0. The van der Waals surface area contributed by atoms with Gasteiger partial charge in [-0.1, -0.05) is 170 Å². The summed E-state index contributed by atoms with van der Waals surface area (Å²) in [5.74, 6) is 1.57. The molecule has 0 saturated carbocycles. The minimum atomic E-state index is -0.0557. The van der Waals surface area contributed by atoms with Crippen LogP contribution in [0.5, 0.6) is 0 Å². The summed E-state index contributed by atoms with van der Waals surface area (Å²) in [6, 6.07) is 53.5. The monoisotopic (exact) mass is 839 g/mol. The Bertz CT molecular complexity index is 2730. The molecule has 0 radical (unpaired) electrons. The van der Waals surface area contributed by atoms with E-state index in [1.165, 1.54) is 49.6 Å². The number of anilines is 1. The Morgan fingerprint density at radius 1 is 0.730 bits per heavy atom. The van der Waals surface area contributed by atoms with Gasteiger partial charge in [-0.3, -0.25) is 20.5 Å². The van der Waals surface area contributed by atoms with Gasteiger partial charge in [0.25, 0.3) is 0 Å². The maximum Gasteiger partial charge on any atom is 0.0885 e. The van der Waals surface area contributed by atoms with Crippen molar-refractivity contribution in [1.82, 2.24) is 15.5 Å². The molecule has 0 bridgehead atoms. The van der Waals surface area contributed by atoms with Crippen LogP contribution in [0.4, 0.5) is 5.69 Å². The zero-order valence-corrected chi connectivity index (χ0v) is 36.5. The van der Waals surface area contributed by atoms with E-state index in [9.17, 15) is 0 Å². The highest BCUT2D eigenvalue weighted by atomic mass is 32.2. The lowest BCUT2D eigenvalue weighted by molar-refractivity contribution is 0.0167. The number of dihydropyridines is 1. The van der Waals surface area contributed by atoms with Crippen LogP contribution in [0.2, 0.25) is 0 Å². The molecule has 4 aliphatic heterocycles. The first-order valence-corrected chi connectivity index (χ1v) is 23.8. The van der Waals surface area contributed by atoms with E-state index < -0.39 is 0 Å². The number of hydrogen-bond acceptors (Lipinski definition) is 6. The molecule has 5 aromatic carbocycles. The number of aliphatic imine (C=N–C) groups is 1. The molecular weight excluding hydrogens is 787 g/mol. The second kappa shape index (κ2) is 16.4. The van der Waals surface area contributed by atoms with Crippen molar-refractivity contribution in [2.75, 3.05) is 11.9 Å². The highest BCUT2D eigenvalue weighted by Gasteiger charge is 2.53. The van der Waals surface area contributed by atoms with Gasteiger partial charge in [0.1, 0.15) is 0 Å². The maximum atomic E-state index is 5.61. The van der Waals surface area contributed by atoms with Gasteiger partial charge in [0.2, 0.25) is 0 Å². The van der Waals surface area contributed by atoms with Crippen LogP contribution in [0.1, 0.15) is 54.7 Å². The lowest BCUT2D eigenvalue weighted by Crippen LogP contribution is -2.63. The average molecular weight is 840 g/mol. The molecule has 3 aliphatic carbocycles. The molecule has 2 saturated heterocycles. The predicted molar refractivity (Wildman–Crippen MR) is 261 cm³/mol. The summed E-state index contributed by atoms with van der Waals surface area (Å²) < 4.78 is 0. The normalized spacial score (nSPS) is 30.8. The van der Waals surface area contributed by atoms with Crippen LogP contribution >= 0.6 is 11.8 Å². The Balaban J connectivity index is 0.931. The molecule has 5 nitrogen and oxygen atoms in total. The number of nitrogens with one attached hydrogen (secondary N) is 2. The van der Waals surface area contributed by atoms with Crippen molar-refractivity contribution in [2.24, 2.45) is 28.7 Å². The maximum absolute atomic E-state index is 5.61. The number of para-hydroxylation sites is 1. The lowest BCUT2D eigenvalue weighted by Gasteiger charge is -2.49. The summed E-state index contributed by atoms with van der Waals surface area (Å²) in [4.78, 5) is 13.9. The fraction of sp³-hybridized carbons (Fsp3) is 0.263. The molecule has 5 aromatic rings. The topological polar surface area (TPSA) is 42.9 Å². The van der Waals surface area contributed by atoms with Crippen LogP contribution < -0.4 is 15.5 Å². The summed E-state index contributed by atoms with van der Waals surface area (Å²) >= 11 is 2.06. The van der Waals surface area contributed by atoms with Crippen molar-refractivity contribution in [3.05, 3.63) is 219 Å². The molecule has 7 aliphatic rings. The van der Waals surface area contributed by atoms with Gasteiger partial charge in [-0.2, -0.15) is 0 Å². The molecule has 0 amide bonds. The number of nitrogens with zero attached hydrogens (tertiary/aromatic N) is 3. The molecule has 12 rings (SSSR count). The molecule has 6 heteroatoms. The van der Waals surface area contributed by atoms with Crippen LogP contribution in [0.25, 0.3) is 16.7 Å². The zero-order valence-electron chi connectivity index (χ0n) is 35.7. The molecule has 63 heavy (non-hydrogen) atoms. The summed E-state index contributed by atoms with van der Waals surface area (Å²) in [5.41, 5.74) is 15.7. The Labute approximate surface area is 376 Å². The number of rotatable bonds is 7. The first kappa shape index (κ1) is 38.9. The fourth-order valence-corrected chi connectivity index (χ4v) is 13.5. The SMILES string of the molecule is CN1C(c2ccccc2)NC(c2ccccc2)NC1C1C=C(c2cccc(-c3ccccc3)c2)C=NC1C1=C=C2SC3=C(C=CC4C3C3CC=CCC3N4c3ccccc3)C2CC1. The van der Waals surface area contributed by atoms with E-state index in [1.807, 2.05) is 0 Å². The third kappa shape index (κ3) is 6.97. The van der Waals surface area contributed by atoms with Crippen LogP contribution in [-0.4, -0.2) is 42.5 Å². The number of fused-ring (bicyclic) bond motifs is 6. The second-order valence-corrected chi connectivity index (χ2v) is 19.4. The van der Waals surface area contributed by atoms with E-state index in [0.717, 1.165) is 25.7 Å². The van der Waals surface area contributed by atoms with Gasteiger partial charge >= 0.3 is 0 Å². The minimum absolute atomic E-state index is 0.00286. The van der Waals surface area contributed by atoms with Gasteiger partial charge in [0.05, 0.1) is 30.6 Å². The van der Waals surface area contributed by atoms with Gasteiger partial charge in [0, 0.05) is 40.6 Å². The fourth-order valence-electron chi connectivity index (χ4n) is 11.9. The molecule has 10 unspecified atom stereocenters. The molecule has 2 N–H and O–H groups in total. The van der Waals surface area contributed by atoms with Crippen molar-refractivity contribution in [3.63, 3.8) is 0 Å². The van der Waals surface area contributed by atoms with Crippen molar-refractivity contribution in [2.45, 2.75) is 62.3 Å². The largest absolute Gasteiger partial charge is 0.361 e. The molecule has 0 spiro atoms. The number of benzene rings is 5. The zero-order chi connectivity index (χ0) is 41.9. The van der Waals surface area contributed by atoms with Gasteiger partial charge in [-0.15, -0.1) is 5.73 Å². The highest BCUT2D eigenvalue weighted by Crippen LogP contribution is 2.60. The van der Waals surface area contributed by atoms with E-state index in [2.05, 4.69) is 227 Å². The molecular formula is C57H53N5S. The third-order valence-electron chi connectivity index (χ3n) is 14.9. The van der Waals surface area contributed by atoms with Crippen molar-refractivity contribution < 1.29 is 0 Å². The van der Waals surface area contributed by atoms with E-state index >= 15 is 0 Å². The molecule has 0 aromatic heterocycles. The summed E-state index contributed by atoms with van der Waals surface area (Å²) in [5, 5.41) is 8.12. The lowest BCUT2D eigenvalue weighted by atomic mass is 9.75. The van der Waals surface area contributed by atoms with E-state index in [4.69, 9.17) is 4.99 Å². The average Bonchev–Trinajstić information content (AvgIpc) is 3.90. The number of allylic oxidation sites excluding steroid dienone is 4. The molecule has 10 atom stereocenters. The van der Waals surface area contributed by atoms with E-state index in [1.54, 1.807) is 10.5 Å². The van der Waals surface area contributed by atoms with E-state index in [-0.39, 0.29) is 30.5 Å². The number of hydrogen-bond donors (Lipinski definition) is 2. The minimum Gasteiger partial charge on any atom is -0.361 e.